The first kappa shape index (κ1) is 18.5. The van der Waals surface area contributed by atoms with Crippen LogP contribution in [-0.2, 0) is 9.53 Å². The van der Waals surface area contributed by atoms with Crippen LogP contribution in [0.25, 0.3) is 0 Å². The van der Waals surface area contributed by atoms with Gasteiger partial charge in [0.2, 0.25) is 5.91 Å². The summed E-state index contributed by atoms with van der Waals surface area (Å²) in [6, 6.07) is 3.67. The van der Waals surface area contributed by atoms with E-state index in [9.17, 15) is 14.0 Å². The van der Waals surface area contributed by atoms with Gasteiger partial charge in [0, 0.05) is 31.9 Å². The topological polar surface area (TPSA) is 61.9 Å². The van der Waals surface area contributed by atoms with Crippen molar-refractivity contribution in [2.45, 2.75) is 19.9 Å². The summed E-state index contributed by atoms with van der Waals surface area (Å²) in [7, 11) is 0. The molecule has 1 fully saturated rings. The molecule has 1 aromatic carbocycles. The van der Waals surface area contributed by atoms with E-state index >= 15 is 0 Å². The molecule has 0 aromatic heterocycles. The number of nitrogens with one attached hydrogen (secondary N) is 1. The fourth-order valence-corrected chi connectivity index (χ4v) is 2.67. The summed E-state index contributed by atoms with van der Waals surface area (Å²) in [5.41, 5.74) is 0.448. The van der Waals surface area contributed by atoms with Gasteiger partial charge in [0.1, 0.15) is 5.82 Å². The molecule has 0 unspecified atom stereocenters. The number of hydrogen-bond donors (Lipinski definition) is 1. The minimum atomic E-state index is -0.530. The van der Waals surface area contributed by atoms with Crippen LogP contribution in [-0.4, -0.2) is 60.6 Å². The summed E-state index contributed by atoms with van der Waals surface area (Å²) in [5.74, 6) is -0.736. The largest absolute Gasteiger partial charge is 0.450 e. The van der Waals surface area contributed by atoms with Gasteiger partial charge in [-0.15, -0.1) is 0 Å². The number of benzene rings is 1. The Hall–Kier alpha value is -1.86. The zero-order valence-electron chi connectivity index (χ0n) is 13.7. The Bertz CT molecular complexity index is 606. The molecule has 1 aliphatic heterocycles. The van der Waals surface area contributed by atoms with Crippen LogP contribution >= 0.6 is 11.6 Å². The number of rotatable bonds is 4. The van der Waals surface area contributed by atoms with Gasteiger partial charge in [-0.3, -0.25) is 9.69 Å². The maximum atomic E-state index is 13.1. The summed E-state index contributed by atoms with van der Waals surface area (Å²) in [4.78, 5) is 27.6. The van der Waals surface area contributed by atoms with E-state index in [0.29, 0.717) is 38.5 Å². The highest BCUT2D eigenvalue weighted by atomic mass is 35.5. The van der Waals surface area contributed by atoms with E-state index < -0.39 is 5.82 Å². The average molecular weight is 358 g/mol. The lowest BCUT2D eigenvalue weighted by molar-refractivity contribution is -0.121. The normalized spacial score (nSPS) is 16.6. The van der Waals surface area contributed by atoms with E-state index in [2.05, 4.69) is 5.32 Å². The predicted octanol–water partition coefficient (Wildman–Crippen LogP) is 2.58. The molecule has 1 heterocycles. The van der Waals surface area contributed by atoms with Crippen molar-refractivity contribution >= 4 is 29.3 Å². The Balaban J connectivity index is 1.87. The molecule has 6 nitrogen and oxygen atoms in total. The average Bonchev–Trinajstić information content (AvgIpc) is 2.58. The second kappa shape index (κ2) is 8.30. The van der Waals surface area contributed by atoms with Gasteiger partial charge in [0.15, 0.2) is 0 Å². The van der Waals surface area contributed by atoms with Crippen LogP contribution in [0, 0.1) is 5.82 Å². The number of carbonyl (C=O) groups is 2. The third-order valence-corrected chi connectivity index (χ3v) is 4.24. The molecular formula is C16H21ClFN3O3. The van der Waals surface area contributed by atoms with E-state index in [-0.39, 0.29) is 23.1 Å². The van der Waals surface area contributed by atoms with Gasteiger partial charge >= 0.3 is 6.09 Å². The molecule has 0 spiro atoms. The van der Waals surface area contributed by atoms with Gasteiger partial charge in [-0.25, -0.2) is 9.18 Å². The number of hydrogen-bond acceptors (Lipinski definition) is 4. The zero-order chi connectivity index (χ0) is 17.7. The Labute approximate surface area is 145 Å². The molecule has 0 bridgehead atoms. The fraction of sp³-hybridized carbons (Fsp3) is 0.500. The number of carbonyl (C=O) groups excluding carboxylic acids is 2. The summed E-state index contributed by atoms with van der Waals surface area (Å²) in [5, 5.41) is 2.69. The van der Waals surface area contributed by atoms with Gasteiger partial charge < -0.3 is 15.0 Å². The number of ether oxygens (including phenoxy) is 1. The molecule has 2 rings (SSSR count). The van der Waals surface area contributed by atoms with Crippen molar-refractivity contribution in [3.63, 3.8) is 0 Å². The molecule has 0 saturated carbocycles. The lowest BCUT2D eigenvalue weighted by atomic mass is 10.2. The molecule has 8 heteroatoms. The van der Waals surface area contributed by atoms with E-state index in [1.54, 1.807) is 18.7 Å². The number of nitrogens with zero attached hydrogens (tertiary/aromatic N) is 2. The maximum absolute atomic E-state index is 13.1. The highest BCUT2D eigenvalue weighted by molar-refractivity contribution is 6.31. The molecule has 0 radical (unpaired) electrons. The van der Waals surface area contributed by atoms with Crippen molar-refractivity contribution in [3.05, 3.63) is 29.0 Å². The first-order valence-electron chi connectivity index (χ1n) is 7.84. The van der Waals surface area contributed by atoms with Gasteiger partial charge in [0.25, 0.3) is 0 Å². The third kappa shape index (κ3) is 4.58. The monoisotopic (exact) mass is 357 g/mol. The third-order valence-electron chi connectivity index (χ3n) is 3.95. The summed E-state index contributed by atoms with van der Waals surface area (Å²) in [6.45, 7) is 6.09. The number of halogens is 2. The van der Waals surface area contributed by atoms with Gasteiger partial charge in [-0.2, -0.15) is 0 Å². The molecule has 0 aliphatic carbocycles. The SMILES string of the molecule is CCOC(=O)N1CCN([C@@H](C)C(=O)Nc2ccc(F)c(Cl)c2)CC1. The summed E-state index contributed by atoms with van der Waals surface area (Å²) in [6.07, 6.45) is -0.324. The minimum absolute atomic E-state index is 0.0384. The highest BCUT2D eigenvalue weighted by Crippen LogP contribution is 2.20. The number of piperazine rings is 1. The van der Waals surface area contributed by atoms with Crippen LogP contribution in [0.4, 0.5) is 14.9 Å². The molecule has 1 saturated heterocycles. The predicted molar refractivity (Wildman–Crippen MR) is 89.7 cm³/mol. The van der Waals surface area contributed by atoms with Crippen LogP contribution in [0.5, 0.6) is 0 Å². The first-order chi connectivity index (χ1) is 11.4. The van der Waals surface area contributed by atoms with Crippen molar-refractivity contribution < 1.29 is 18.7 Å². The van der Waals surface area contributed by atoms with E-state index in [1.165, 1.54) is 18.2 Å². The number of amides is 2. The lowest BCUT2D eigenvalue weighted by Crippen LogP contribution is -2.54. The molecule has 2 amide bonds. The van der Waals surface area contributed by atoms with Gasteiger partial charge in [0.05, 0.1) is 17.7 Å². The van der Waals surface area contributed by atoms with Crippen molar-refractivity contribution in [1.82, 2.24) is 9.80 Å². The van der Waals surface area contributed by atoms with Crippen molar-refractivity contribution in [2.75, 3.05) is 38.1 Å². The Morgan fingerprint density at radius 1 is 1.33 bits per heavy atom. The van der Waals surface area contributed by atoms with Crippen LogP contribution in [0.1, 0.15) is 13.8 Å². The van der Waals surface area contributed by atoms with E-state index in [0.717, 1.165) is 0 Å². The van der Waals surface area contributed by atoms with Gasteiger partial charge in [-0.05, 0) is 32.0 Å². The Morgan fingerprint density at radius 3 is 2.58 bits per heavy atom. The molecule has 1 atom stereocenters. The van der Waals surface area contributed by atoms with Crippen LogP contribution < -0.4 is 5.32 Å². The van der Waals surface area contributed by atoms with Crippen molar-refractivity contribution in [1.29, 1.82) is 0 Å². The summed E-state index contributed by atoms with van der Waals surface area (Å²) >= 11 is 5.71. The highest BCUT2D eigenvalue weighted by Gasteiger charge is 2.28. The molecular weight excluding hydrogens is 337 g/mol. The van der Waals surface area contributed by atoms with E-state index in [1.807, 2.05) is 4.90 Å². The zero-order valence-corrected chi connectivity index (χ0v) is 14.5. The summed E-state index contributed by atoms with van der Waals surface area (Å²) < 4.78 is 18.1. The molecule has 24 heavy (non-hydrogen) atoms. The van der Waals surface area contributed by atoms with Crippen molar-refractivity contribution in [2.24, 2.45) is 0 Å². The second-order valence-electron chi connectivity index (χ2n) is 5.52. The van der Waals surface area contributed by atoms with Crippen LogP contribution in [0.2, 0.25) is 5.02 Å². The Kier molecular flexibility index (Phi) is 6.39. The molecule has 1 aliphatic rings. The first-order valence-corrected chi connectivity index (χ1v) is 8.21. The standard InChI is InChI=1S/C16H21ClFN3O3/c1-3-24-16(23)21-8-6-20(7-9-21)11(2)15(22)19-12-4-5-14(18)13(17)10-12/h4-5,10-11H,3,6-9H2,1-2H3,(H,19,22)/t11-/m0/s1. The smallest absolute Gasteiger partial charge is 0.409 e. The van der Waals surface area contributed by atoms with Gasteiger partial charge in [-0.1, -0.05) is 11.6 Å². The number of anilines is 1. The fourth-order valence-electron chi connectivity index (χ4n) is 2.49. The minimum Gasteiger partial charge on any atom is -0.450 e. The Morgan fingerprint density at radius 2 is 2.00 bits per heavy atom. The quantitative estimate of drug-likeness (QED) is 0.899. The second-order valence-corrected chi connectivity index (χ2v) is 5.92. The van der Waals surface area contributed by atoms with Crippen LogP contribution in [0.3, 0.4) is 0 Å². The van der Waals surface area contributed by atoms with Crippen LogP contribution in [0.15, 0.2) is 18.2 Å². The maximum Gasteiger partial charge on any atom is 0.409 e. The van der Waals surface area contributed by atoms with Crippen molar-refractivity contribution in [3.8, 4) is 0 Å². The van der Waals surface area contributed by atoms with E-state index in [4.69, 9.17) is 16.3 Å². The lowest BCUT2D eigenvalue weighted by Gasteiger charge is -2.36. The molecule has 1 aromatic rings. The molecule has 1 N–H and O–H groups in total. The molecule has 132 valence electrons.